The fourth-order valence-corrected chi connectivity index (χ4v) is 7.69. The summed E-state index contributed by atoms with van der Waals surface area (Å²) in [5.74, 6) is -1.20. The minimum Gasteiger partial charge on any atom is -0.497 e. The van der Waals surface area contributed by atoms with E-state index in [1.807, 2.05) is 39.0 Å². The van der Waals surface area contributed by atoms with Crippen molar-refractivity contribution in [2.45, 2.75) is 75.4 Å². The molecular weight excluding hydrogens is 648 g/mol. The van der Waals surface area contributed by atoms with Gasteiger partial charge in [0, 0.05) is 36.3 Å². The lowest BCUT2D eigenvalue weighted by atomic mass is 9.85. The first-order chi connectivity index (χ1) is 23.3. The normalized spacial score (nSPS) is 24.1. The lowest BCUT2D eigenvalue weighted by Gasteiger charge is -2.36. The van der Waals surface area contributed by atoms with Gasteiger partial charge in [-0.2, -0.15) is 0 Å². The number of fused-ring (bicyclic) bond motifs is 1. The summed E-state index contributed by atoms with van der Waals surface area (Å²) < 4.78 is 39.3. The Bertz CT molecular complexity index is 1880. The maximum Gasteiger partial charge on any atom is 0.259 e. The largest absolute Gasteiger partial charge is 0.497 e. The molecule has 3 N–H and O–H groups in total. The summed E-state index contributed by atoms with van der Waals surface area (Å²) in [6.07, 6.45) is 7.02. The molecule has 3 fully saturated rings. The van der Waals surface area contributed by atoms with Crippen molar-refractivity contribution in [3.8, 4) is 11.6 Å². The highest BCUT2D eigenvalue weighted by molar-refractivity contribution is 7.91. The van der Waals surface area contributed by atoms with Crippen molar-refractivity contribution in [3.63, 3.8) is 0 Å². The maximum atomic E-state index is 14.5. The van der Waals surface area contributed by atoms with Gasteiger partial charge in [0.25, 0.3) is 5.91 Å². The van der Waals surface area contributed by atoms with Gasteiger partial charge >= 0.3 is 0 Å². The Balaban J connectivity index is 1.29. The van der Waals surface area contributed by atoms with Crippen LogP contribution in [0.3, 0.4) is 0 Å². The van der Waals surface area contributed by atoms with Gasteiger partial charge in [-0.3, -0.25) is 24.1 Å². The molecule has 2 aliphatic carbocycles. The second kappa shape index (κ2) is 13.0. The summed E-state index contributed by atoms with van der Waals surface area (Å²) in [7, 11) is -2.28. The second-order valence-corrected chi connectivity index (χ2v) is 16.0. The molecule has 5 atom stereocenters. The molecule has 2 aromatic heterocycles. The molecule has 1 aromatic carbocycles. The number of nitrogens with one attached hydrogen (secondary N) is 3. The third-order valence-electron chi connectivity index (χ3n) is 9.40. The molecule has 1 aliphatic heterocycles. The number of ether oxygens (including phenoxy) is 2. The van der Waals surface area contributed by atoms with Crippen LogP contribution in [0.5, 0.6) is 11.6 Å². The summed E-state index contributed by atoms with van der Waals surface area (Å²) in [4.78, 5) is 52.3. The number of benzene rings is 1. The number of pyridine rings is 2. The lowest BCUT2D eigenvalue weighted by molar-refractivity contribution is -0.141. The van der Waals surface area contributed by atoms with E-state index in [2.05, 4.69) is 31.9 Å². The average Bonchev–Trinajstić information content (AvgIpc) is 4.00. The highest BCUT2D eigenvalue weighted by atomic mass is 32.2. The number of hydrogen-bond donors (Lipinski definition) is 3. The van der Waals surface area contributed by atoms with Crippen LogP contribution >= 0.6 is 0 Å². The first-order valence-corrected chi connectivity index (χ1v) is 17.9. The fraction of sp³-hybridized carbons (Fsp3) is 0.457. The molecule has 2 saturated carbocycles. The van der Waals surface area contributed by atoms with E-state index in [-0.39, 0.29) is 25.3 Å². The Labute approximate surface area is 285 Å². The molecule has 49 heavy (non-hydrogen) atoms. The number of anilines is 1. The highest BCUT2D eigenvalue weighted by Crippen LogP contribution is 2.45. The molecular formula is C35H42N6O7S. The van der Waals surface area contributed by atoms with Gasteiger partial charge in [-0.05, 0) is 66.5 Å². The van der Waals surface area contributed by atoms with Crippen LogP contribution in [0, 0.1) is 11.3 Å². The zero-order valence-corrected chi connectivity index (χ0v) is 28.8. The minimum absolute atomic E-state index is 0.0621. The molecule has 1 saturated heterocycles. The van der Waals surface area contributed by atoms with Crippen LogP contribution in [0.15, 0.2) is 67.6 Å². The number of rotatable bonds is 12. The molecule has 0 bridgehead atoms. The van der Waals surface area contributed by atoms with Crippen molar-refractivity contribution in [2.24, 2.45) is 11.3 Å². The number of carbonyl (C=O) groups excluding carboxylic acids is 3. The van der Waals surface area contributed by atoms with Gasteiger partial charge in [-0.15, -0.1) is 6.58 Å². The smallest absolute Gasteiger partial charge is 0.259 e. The van der Waals surface area contributed by atoms with E-state index in [1.54, 1.807) is 43.9 Å². The number of hydrogen-bond acceptors (Lipinski definition) is 10. The first kappa shape index (κ1) is 34.2. The monoisotopic (exact) mass is 690 g/mol. The van der Waals surface area contributed by atoms with Crippen molar-refractivity contribution in [3.05, 3.63) is 67.6 Å². The van der Waals surface area contributed by atoms with Crippen LogP contribution in [0.1, 0.15) is 46.5 Å². The van der Waals surface area contributed by atoms with Crippen molar-refractivity contribution < 1.29 is 32.3 Å². The minimum atomic E-state index is -3.86. The Kier molecular flexibility index (Phi) is 9.03. The molecule has 3 aromatic rings. The molecule has 260 valence electrons. The van der Waals surface area contributed by atoms with Gasteiger partial charge in [-0.25, -0.2) is 13.4 Å². The van der Waals surface area contributed by atoms with E-state index in [0.29, 0.717) is 30.2 Å². The fourth-order valence-electron chi connectivity index (χ4n) is 6.33. The average molecular weight is 691 g/mol. The summed E-state index contributed by atoms with van der Waals surface area (Å²) in [5, 5.41) is 7.10. The van der Waals surface area contributed by atoms with Crippen molar-refractivity contribution in [1.29, 1.82) is 0 Å². The van der Waals surface area contributed by atoms with Crippen molar-refractivity contribution >= 4 is 44.2 Å². The van der Waals surface area contributed by atoms with Crippen LogP contribution in [-0.4, -0.2) is 83.6 Å². The van der Waals surface area contributed by atoms with Crippen LogP contribution in [0.25, 0.3) is 10.8 Å². The van der Waals surface area contributed by atoms with E-state index < -0.39 is 62.1 Å². The number of carbonyl (C=O) groups is 3. The third-order valence-corrected chi connectivity index (χ3v) is 11.2. The molecule has 13 nitrogen and oxygen atoms in total. The summed E-state index contributed by atoms with van der Waals surface area (Å²) >= 11 is 0. The molecule has 3 aliphatic rings. The first-order valence-electron chi connectivity index (χ1n) is 16.3. The van der Waals surface area contributed by atoms with E-state index in [1.165, 1.54) is 11.0 Å². The standard InChI is InChI=1S/C35H42N6O7S/c1-6-22-18-35(22,33(44)40-49(45,46)26-10-11-26)39-30(42)28-17-25(48-31-27-12-9-24(47-5)16-21(27)13-15-37-31)20-41(28)32(43)29(34(2,3)4)38-23-8-7-14-36-19-23/h6-9,12-16,19,22,25-26,28-29,38H,1,10-11,17-18,20H2,2-5H3,(H,39,42)(H,40,44)/t22-,25-,28+,29+,35-/m1/s1. The van der Waals surface area contributed by atoms with E-state index >= 15 is 0 Å². The van der Waals surface area contributed by atoms with Crippen molar-refractivity contribution in [2.75, 3.05) is 19.0 Å². The summed E-state index contributed by atoms with van der Waals surface area (Å²) in [6, 6.07) is 9.10. The summed E-state index contributed by atoms with van der Waals surface area (Å²) in [5.41, 5.74) is -1.45. The molecule has 0 unspecified atom stereocenters. The quantitative estimate of drug-likeness (QED) is 0.240. The highest BCUT2D eigenvalue weighted by Gasteiger charge is 2.62. The summed E-state index contributed by atoms with van der Waals surface area (Å²) in [6.45, 7) is 9.61. The second-order valence-electron chi connectivity index (χ2n) is 14.1. The van der Waals surface area contributed by atoms with E-state index in [4.69, 9.17) is 9.47 Å². The Hall–Kier alpha value is -4.72. The molecule has 6 rings (SSSR count). The molecule has 0 radical (unpaired) electrons. The predicted molar refractivity (Wildman–Crippen MR) is 183 cm³/mol. The van der Waals surface area contributed by atoms with Crippen LogP contribution < -0.4 is 24.8 Å². The molecule has 3 amide bonds. The number of nitrogens with zero attached hydrogens (tertiary/aromatic N) is 3. The van der Waals surface area contributed by atoms with Gasteiger partial charge in [0.15, 0.2) is 0 Å². The van der Waals surface area contributed by atoms with Gasteiger partial charge in [-0.1, -0.05) is 26.8 Å². The maximum absolute atomic E-state index is 14.5. The molecule has 3 heterocycles. The van der Waals surface area contributed by atoms with Gasteiger partial charge in [0.05, 0.1) is 24.6 Å². The number of amides is 3. The Morgan fingerprint density at radius 1 is 1.14 bits per heavy atom. The SMILES string of the molecule is C=C[C@@H]1C[C@]1(NC(=O)[C@@H]1C[C@@H](Oc2nccc3cc(OC)ccc23)CN1C(=O)[C@H](Nc1cccnc1)C(C)(C)C)C(=O)NS(=O)(=O)C1CC1. The van der Waals surface area contributed by atoms with Crippen LogP contribution in [0.4, 0.5) is 5.69 Å². The molecule has 14 heteroatoms. The van der Waals surface area contributed by atoms with Crippen LogP contribution in [-0.2, 0) is 24.4 Å². The zero-order valence-electron chi connectivity index (χ0n) is 28.0. The third kappa shape index (κ3) is 7.05. The van der Waals surface area contributed by atoms with Crippen molar-refractivity contribution in [1.82, 2.24) is 24.9 Å². The predicted octanol–water partition coefficient (Wildman–Crippen LogP) is 3.18. The molecule has 0 spiro atoms. The number of likely N-dealkylation sites (tertiary alicyclic amines) is 1. The zero-order chi connectivity index (χ0) is 35.1. The topological polar surface area (TPSA) is 169 Å². The van der Waals surface area contributed by atoms with Gasteiger partial charge in [0.2, 0.25) is 27.7 Å². The lowest BCUT2D eigenvalue weighted by Crippen LogP contribution is -2.58. The Morgan fingerprint density at radius 3 is 2.55 bits per heavy atom. The van der Waals surface area contributed by atoms with Crippen LogP contribution in [0.2, 0.25) is 0 Å². The Morgan fingerprint density at radius 2 is 1.92 bits per heavy atom. The number of methoxy groups -OCH3 is 1. The number of sulfonamides is 1. The van der Waals surface area contributed by atoms with Gasteiger partial charge in [0.1, 0.15) is 29.5 Å². The van der Waals surface area contributed by atoms with Gasteiger partial charge < -0.3 is 25.0 Å². The van der Waals surface area contributed by atoms with E-state index in [9.17, 15) is 22.8 Å². The van der Waals surface area contributed by atoms with E-state index in [0.717, 1.165) is 10.8 Å². The number of aromatic nitrogens is 2.